The molecule has 0 spiro atoms. The number of hydrogen-bond donors (Lipinski definition) is 0. The van der Waals surface area contributed by atoms with Crippen LogP contribution in [-0.4, -0.2) is 37.2 Å². The molecule has 0 radical (unpaired) electrons. The Bertz CT molecular complexity index is 1350. The lowest BCUT2D eigenvalue weighted by molar-refractivity contribution is -0.167. The average Bonchev–Trinajstić information content (AvgIpc) is 3.44. The summed E-state index contributed by atoms with van der Waals surface area (Å²) in [5.74, 6) is -0.868. The molecule has 1 atom stereocenters. The van der Waals surface area contributed by atoms with Crippen LogP contribution in [0.1, 0.15) is 374 Å². The van der Waals surface area contributed by atoms with Crippen molar-refractivity contribution in [2.45, 2.75) is 380 Å². The first-order valence-electron chi connectivity index (χ1n) is 34.6. The number of rotatable bonds is 64. The zero-order valence-corrected chi connectivity index (χ0v) is 52.5. The first-order valence-corrected chi connectivity index (χ1v) is 34.6. The Morgan fingerprint density at radius 2 is 0.500 bits per heavy atom. The number of ether oxygens (including phenoxy) is 3. The highest BCUT2D eigenvalue weighted by Crippen LogP contribution is 2.19. The Balaban J connectivity index is 4.10. The first kappa shape index (κ1) is 75.4. The van der Waals surface area contributed by atoms with E-state index in [1.807, 2.05) is 0 Å². The van der Waals surface area contributed by atoms with Crippen molar-refractivity contribution in [1.82, 2.24) is 0 Å². The summed E-state index contributed by atoms with van der Waals surface area (Å²) < 4.78 is 16.9. The second kappa shape index (κ2) is 66.9. The van der Waals surface area contributed by atoms with E-state index in [0.717, 1.165) is 96.3 Å². The maximum Gasteiger partial charge on any atom is 0.306 e. The normalized spacial score (nSPS) is 12.3. The number of carbonyl (C=O) groups excluding carboxylic acids is 3. The third kappa shape index (κ3) is 64.2. The highest BCUT2D eigenvalue weighted by atomic mass is 16.6. The molecule has 0 saturated heterocycles. The van der Waals surface area contributed by atoms with Crippen molar-refractivity contribution in [3.63, 3.8) is 0 Å². The Morgan fingerprint density at radius 3 is 0.782 bits per heavy atom. The molecular formula is C72H132O6. The van der Waals surface area contributed by atoms with E-state index in [0.29, 0.717) is 19.3 Å². The number of hydrogen-bond acceptors (Lipinski definition) is 6. The molecule has 0 aliphatic carbocycles. The minimum atomic E-state index is -0.778. The predicted molar refractivity (Wildman–Crippen MR) is 339 cm³/mol. The van der Waals surface area contributed by atoms with Crippen LogP contribution in [0.25, 0.3) is 0 Å². The fourth-order valence-corrected chi connectivity index (χ4v) is 10.4. The van der Waals surface area contributed by atoms with Crippen LogP contribution in [0.2, 0.25) is 0 Å². The third-order valence-corrected chi connectivity index (χ3v) is 15.6. The van der Waals surface area contributed by atoms with Crippen molar-refractivity contribution in [2.24, 2.45) is 0 Å². The van der Waals surface area contributed by atoms with Crippen molar-refractivity contribution >= 4 is 17.9 Å². The molecule has 1 unspecified atom stereocenters. The smallest absolute Gasteiger partial charge is 0.306 e. The van der Waals surface area contributed by atoms with Gasteiger partial charge in [0.15, 0.2) is 6.10 Å². The van der Waals surface area contributed by atoms with Gasteiger partial charge in [0.25, 0.3) is 0 Å². The van der Waals surface area contributed by atoms with E-state index >= 15 is 0 Å². The lowest BCUT2D eigenvalue weighted by Gasteiger charge is -2.18. The number of esters is 3. The molecule has 0 aromatic rings. The van der Waals surface area contributed by atoms with Crippen LogP contribution in [-0.2, 0) is 28.6 Å². The minimum Gasteiger partial charge on any atom is -0.462 e. The van der Waals surface area contributed by atoms with Crippen molar-refractivity contribution in [3.8, 4) is 0 Å². The Kier molecular flexibility index (Phi) is 64.6. The number of unbranched alkanes of at least 4 members (excludes halogenated alkanes) is 45. The summed E-state index contributed by atoms with van der Waals surface area (Å²) >= 11 is 0. The maximum atomic E-state index is 12.9. The van der Waals surface area contributed by atoms with Gasteiger partial charge in [0.2, 0.25) is 0 Å². The number of allylic oxidation sites excluding steroid dienone is 8. The van der Waals surface area contributed by atoms with E-state index in [9.17, 15) is 14.4 Å². The van der Waals surface area contributed by atoms with E-state index in [2.05, 4.69) is 69.4 Å². The van der Waals surface area contributed by atoms with Gasteiger partial charge in [-0.3, -0.25) is 14.4 Å². The monoisotopic (exact) mass is 1090 g/mol. The van der Waals surface area contributed by atoms with Gasteiger partial charge >= 0.3 is 17.9 Å². The molecule has 0 rings (SSSR count). The Morgan fingerprint density at radius 1 is 0.269 bits per heavy atom. The fourth-order valence-electron chi connectivity index (χ4n) is 10.4. The Hall–Kier alpha value is -2.63. The summed E-state index contributed by atoms with van der Waals surface area (Å²) in [6.07, 6.45) is 84.5. The predicted octanol–water partition coefficient (Wildman–Crippen LogP) is 23.7. The second-order valence-electron chi connectivity index (χ2n) is 23.4. The first-order chi connectivity index (χ1) is 38.5. The van der Waals surface area contributed by atoms with E-state index in [4.69, 9.17) is 14.2 Å². The van der Waals surface area contributed by atoms with Gasteiger partial charge < -0.3 is 14.2 Å². The summed E-state index contributed by atoms with van der Waals surface area (Å²) in [7, 11) is 0. The van der Waals surface area contributed by atoms with Gasteiger partial charge in [-0.05, 0) is 57.8 Å². The van der Waals surface area contributed by atoms with Gasteiger partial charge in [0, 0.05) is 19.3 Å². The third-order valence-electron chi connectivity index (χ3n) is 15.6. The Labute approximate surface area is 486 Å². The quantitative estimate of drug-likeness (QED) is 0.0261. The minimum absolute atomic E-state index is 0.0744. The summed E-state index contributed by atoms with van der Waals surface area (Å²) in [4.78, 5) is 38.3. The van der Waals surface area contributed by atoms with Crippen molar-refractivity contribution in [2.75, 3.05) is 13.2 Å². The van der Waals surface area contributed by atoms with Crippen LogP contribution in [0.15, 0.2) is 48.6 Å². The molecule has 0 bridgehead atoms. The van der Waals surface area contributed by atoms with Crippen molar-refractivity contribution < 1.29 is 28.6 Å². The average molecular weight is 1090 g/mol. The molecule has 0 aliphatic rings. The van der Waals surface area contributed by atoms with Crippen LogP contribution in [0, 0.1) is 0 Å². The van der Waals surface area contributed by atoms with Gasteiger partial charge in [-0.1, -0.05) is 345 Å². The summed E-state index contributed by atoms with van der Waals surface area (Å²) in [5.41, 5.74) is 0. The molecule has 0 aliphatic heterocycles. The molecule has 456 valence electrons. The van der Waals surface area contributed by atoms with Crippen LogP contribution < -0.4 is 0 Å². The van der Waals surface area contributed by atoms with Gasteiger partial charge in [-0.25, -0.2) is 0 Å². The number of carbonyl (C=O) groups is 3. The SMILES string of the molecule is CC/C=C\C/C=C\C/C=C\C/C=C\CCCCCCCCC(=O)OC(COC(=O)CCCCCCCCCCCC)COC(=O)CCCCCCCCCCCCCCCCCCCCCCCCCCCCCCCCC. The summed E-state index contributed by atoms with van der Waals surface area (Å²) in [6.45, 7) is 6.56. The fraction of sp³-hybridized carbons (Fsp3) is 0.847. The lowest BCUT2D eigenvalue weighted by atomic mass is 10.0. The molecular weight excluding hydrogens is 961 g/mol. The topological polar surface area (TPSA) is 78.9 Å². The van der Waals surface area contributed by atoms with E-state index in [1.54, 1.807) is 0 Å². The van der Waals surface area contributed by atoms with Crippen LogP contribution in [0.3, 0.4) is 0 Å². The van der Waals surface area contributed by atoms with E-state index in [1.165, 1.54) is 238 Å². The second-order valence-corrected chi connectivity index (χ2v) is 23.4. The van der Waals surface area contributed by atoms with Crippen molar-refractivity contribution in [3.05, 3.63) is 48.6 Å². The molecule has 0 N–H and O–H groups in total. The van der Waals surface area contributed by atoms with Gasteiger partial charge in [-0.15, -0.1) is 0 Å². The molecule has 0 aromatic heterocycles. The molecule has 6 heteroatoms. The van der Waals surface area contributed by atoms with E-state index < -0.39 is 6.10 Å². The summed E-state index contributed by atoms with van der Waals surface area (Å²) in [5, 5.41) is 0. The van der Waals surface area contributed by atoms with Gasteiger partial charge in [0.05, 0.1) is 0 Å². The van der Waals surface area contributed by atoms with Crippen LogP contribution >= 0.6 is 0 Å². The van der Waals surface area contributed by atoms with Gasteiger partial charge in [-0.2, -0.15) is 0 Å². The molecule has 0 fully saturated rings. The zero-order chi connectivity index (χ0) is 56.4. The molecule has 6 nitrogen and oxygen atoms in total. The maximum absolute atomic E-state index is 12.9. The van der Waals surface area contributed by atoms with Crippen LogP contribution in [0.5, 0.6) is 0 Å². The van der Waals surface area contributed by atoms with Crippen LogP contribution in [0.4, 0.5) is 0 Å². The lowest BCUT2D eigenvalue weighted by Crippen LogP contribution is -2.30. The molecule has 0 amide bonds. The zero-order valence-electron chi connectivity index (χ0n) is 52.5. The molecule has 0 heterocycles. The largest absolute Gasteiger partial charge is 0.462 e. The van der Waals surface area contributed by atoms with Gasteiger partial charge in [0.1, 0.15) is 13.2 Å². The highest BCUT2D eigenvalue weighted by Gasteiger charge is 2.19. The highest BCUT2D eigenvalue weighted by molar-refractivity contribution is 5.71. The molecule has 78 heavy (non-hydrogen) atoms. The molecule has 0 saturated carbocycles. The molecule has 0 aromatic carbocycles. The van der Waals surface area contributed by atoms with E-state index in [-0.39, 0.29) is 31.1 Å². The standard InChI is InChI=1S/C72H132O6/c1-4-7-10-13-16-19-22-24-26-28-30-31-32-33-34-35-36-37-38-39-40-41-43-44-46-48-50-53-56-59-62-65-71(74)77-68-69(67-76-70(73)64-61-58-55-52-21-18-15-12-9-6-3)78-72(75)66-63-60-57-54-51-49-47-45-42-29-27-25-23-20-17-14-11-8-5-2/h8,11,17,20,25,27,42,45,69H,4-7,9-10,12-16,18-19,21-24,26,28-41,43-44,46-68H2,1-3H3/b11-8-,20-17-,27-25-,45-42-. The summed E-state index contributed by atoms with van der Waals surface area (Å²) in [6, 6.07) is 0. The van der Waals surface area contributed by atoms with Crippen molar-refractivity contribution in [1.29, 1.82) is 0 Å².